The lowest BCUT2D eigenvalue weighted by atomic mass is 10.1. The van der Waals surface area contributed by atoms with Crippen LogP contribution in [-0.2, 0) is 10.0 Å². The van der Waals surface area contributed by atoms with Gasteiger partial charge in [-0.1, -0.05) is 42.5 Å². The zero-order valence-electron chi connectivity index (χ0n) is 15.0. The maximum Gasteiger partial charge on any atom is 0.242 e. The van der Waals surface area contributed by atoms with Gasteiger partial charge in [0.1, 0.15) is 0 Å². The van der Waals surface area contributed by atoms with E-state index in [-0.39, 0.29) is 10.7 Å². The van der Waals surface area contributed by atoms with Gasteiger partial charge >= 0.3 is 0 Å². The highest BCUT2D eigenvalue weighted by molar-refractivity contribution is 7.89. The Morgan fingerprint density at radius 2 is 1.70 bits per heavy atom. The summed E-state index contributed by atoms with van der Waals surface area (Å²) in [6.07, 6.45) is 3.23. The second-order valence-electron chi connectivity index (χ2n) is 6.08. The van der Waals surface area contributed by atoms with Crippen LogP contribution in [0.1, 0.15) is 15.2 Å². The van der Waals surface area contributed by atoms with E-state index in [1.165, 1.54) is 32.3 Å². The summed E-state index contributed by atoms with van der Waals surface area (Å²) in [5, 5.41) is 0. The van der Waals surface area contributed by atoms with Gasteiger partial charge in [-0.25, -0.2) is 12.7 Å². The van der Waals surface area contributed by atoms with E-state index < -0.39 is 10.0 Å². The maximum atomic E-state index is 12.5. The van der Waals surface area contributed by atoms with Crippen molar-refractivity contribution in [1.29, 1.82) is 0 Å². The molecule has 6 heteroatoms. The zero-order valence-corrected chi connectivity index (χ0v) is 16.6. The number of sulfonamides is 1. The van der Waals surface area contributed by atoms with Gasteiger partial charge in [-0.2, -0.15) is 0 Å². The Labute approximate surface area is 163 Å². The maximum absolute atomic E-state index is 12.5. The molecule has 0 spiro atoms. The molecular formula is C21H19NO3S2. The molecule has 4 nitrogen and oxygen atoms in total. The molecule has 0 N–H and O–H groups in total. The molecule has 3 aromatic rings. The topological polar surface area (TPSA) is 54.5 Å². The lowest BCUT2D eigenvalue weighted by Crippen LogP contribution is -2.22. The van der Waals surface area contributed by atoms with Crippen molar-refractivity contribution in [2.45, 2.75) is 4.90 Å². The van der Waals surface area contributed by atoms with Crippen LogP contribution >= 0.6 is 11.3 Å². The van der Waals surface area contributed by atoms with Crippen LogP contribution in [0.25, 0.3) is 16.5 Å². The van der Waals surface area contributed by atoms with Crippen LogP contribution in [0.3, 0.4) is 0 Å². The molecule has 0 saturated carbocycles. The first-order chi connectivity index (χ1) is 12.9. The van der Waals surface area contributed by atoms with Crippen molar-refractivity contribution in [3.05, 3.63) is 83.2 Å². The lowest BCUT2D eigenvalue weighted by molar-refractivity contribution is 0.104. The van der Waals surface area contributed by atoms with Gasteiger partial charge in [0.2, 0.25) is 10.0 Å². The minimum atomic E-state index is -3.57. The Hall–Kier alpha value is -2.54. The fourth-order valence-corrected chi connectivity index (χ4v) is 4.34. The van der Waals surface area contributed by atoms with Gasteiger partial charge in [-0.05, 0) is 42.0 Å². The monoisotopic (exact) mass is 397 g/mol. The Bertz CT molecular complexity index is 1080. The van der Waals surface area contributed by atoms with E-state index >= 15 is 0 Å². The molecule has 0 aliphatic heterocycles. The molecular weight excluding hydrogens is 378 g/mol. The second-order valence-corrected chi connectivity index (χ2v) is 9.35. The minimum Gasteiger partial charge on any atom is -0.289 e. The number of carbonyl (C=O) groups excluding carboxylic acids is 1. The molecule has 0 saturated heterocycles. The number of ketones is 1. The second kappa shape index (κ2) is 8.00. The van der Waals surface area contributed by atoms with Crippen molar-refractivity contribution in [3.63, 3.8) is 0 Å². The number of benzene rings is 2. The third kappa shape index (κ3) is 4.42. The summed E-state index contributed by atoms with van der Waals surface area (Å²) in [6.45, 7) is 0. The average Bonchev–Trinajstić information content (AvgIpc) is 3.16. The van der Waals surface area contributed by atoms with Crippen LogP contribution in [-0.4, -0.2) is 32.6 Å². The molecule has 0 unspecified atom stereocenters. The largest absolute Gasteiger partial charge is 0.289 e. The van der Waals surface area contributed by atoms with Crippen molar-refractivity contribution >= 4 is 33.2 Å². The van der Waals surface area contributed by atoms with E-state index in [0.29, 0.717) is 5.56 Å². The minimum absolute atomic E-state index is 0.106. The molecule has 0 radical (unpaired) electrons. The van der Waals surface area contributed by atoms with Gasteiger partial charge in [0, 0.05) is 29.4 Å². The summed E-state index contributed by atoms with van der Waals surface area (Å²) < 4.78 is 25.6. The fraction of sp³-hybridized carbons (Fsp3) is 0.0952. The van der Waals surface area contributed by atoms with Gasteiger partial charge in [0.25, 0.3) is 0 Å². The van der Waals surface area contributed by atoms with E-state index in [2.05, 4.69) is 0 Å². The highest BCUT2D eigenvalue weighted by Gasteiger charge is 2.18. The summed E-state index contributed by atoms with van der Waals surface area (Å²) in [5.41, 5.74) is 1.48. The molecule has 1 heterocycles. The number of thiophene rings is 1. The predicted molar refractivity (Wildman–Crippen MR) is 110 cm³/mol. The summed E-state index contributed by atoms with van der Waals surface area (Å²) in [7, 11) is -0.642. The predicted octanol–water partition coefficient (Wildman–Crippen LogP) is 4.56. The van der Waals surface area contributed by atoms with Crippen LogP contribution in [0.15, 0.2) is 77.7 Å². The van der Waals surface area contributed by atoms with E-state index in [9.17, 15) is 13.2 Å². The molecule has 0 atom stereocenters. The van der Waals surface area contributed by atoms with Crippen LogP contribution < -0.4 is 0 Å². The van der Waals surface area contributed by atoms with Crippen LogP contribution in [0.4, 0.5) is 0 Å². The average molecular weight is 398 g/mol. The van der Waals surface area contributed by atoms with Crippen LogP contribution in [0.2, 0.25) is 0 Å². The molecule has 0 bridgehead atoms. The number of hydrogen-bond donors (Lipinski definition) is 0. The van der Waals surface area contributed by atoms with Crippen molar-refractivity contribution in [1.82, 2.24) is 4.31 Å². The standard InChI is InChI=1S/C21H19NO3S2/c1-22(2)27(24,25)19-10-6-9-17(15-19)20(23)13-11-18-12-14-21(26-18)16-7-4-3-5-8-16/h3-15H,1-2H3. The number of carbonyl (C=O) groups is 1. The highest BCUT2D eigenvalue weighted by atomic mass is 32.2. The number of allylic oxidation sites excluding steroid dienone is 1. The summed E-state index contributed by atoms with van der Waals surface area (Å²) >= 11 is 1.59. The molecule has 27 heavy (non-hydrogen) atoms. The first-order valence-electron chi connectivity index (χ1n) is 8.28. The van der Waals surface area contributed by atoms with Crippen molar-refractivity contribution < 1.29 is 13.2 Å². The summed E-state index contributed by atoms with van der Waals surface area (Å²) in [5.74, 6) is -0.236. The number of rotatable bonds is 6. The first-order valence-corrected chi connectivity index (χ1v) is 10.5. The normalized spacial score (nSPS) is 12.0. The van der Waals surface area contributed by atoms with Gasteiger partial charge in [0.05, 0.1) is 4.90 Å². The van der Waals surface area contributed by atoms with Gasteiger partial charge < -0.3 is 0 Å². The van der Waals surface area contributed by atoms with E-state index in [1.807, 2.05) is 42.5 Å². The van der Waals surface area contributed by atoms with Crippen molar-refractivity contribution in [2.75, 3.05) is 14.1 Å². The number of nitrogens with zero attached hydrogens (tertiary/aromatic N) is 1. The smallest absolute Gasteiger partial charge is 0.242 e. The Morgan fingerprint density at radius 3 is 2.41 bits per heavy atom. The van der Waals surface area contributed by atoms with Gasteiger partial charge in [-0.3, -0.25) is 4.79 Å². The molecule has 0 aliphatic carbocycles. The summed E-state index contributed by atoms with van der Waals surface area (Å²) in [6, 6.07) is 20.1. The number of hydrogen-bond acceptors (Lipinski definition) is 4. The molecule has 138 valence electrons. The molecule has 2 aromatic carbocycles. The first kappa shape index (κ1) is 19.2. The Morgan fingerprint density at radius 1 is 0.963 bits per heavy atom. The van der Waals surface area contributed by atoms with Crippen LogP contribution in [0.5, 0.6) is 0 Å². The Kier molecular flexibility index (Phi) is 5.70. The van der Waals surface area contributed by atoms with Crippen LogP contribution in [0, 0.1) is 0 Å². The third-order valence-electron chi connectivity index (χ3n) is 3.98. The molecule has 0 amide bonds. The summed E-state index contributed by atoms with van der Waals surface area (Å²) in [4.78, 5) is 14.6. The quantitative estimate of drug-likeness (QED) is 0.452. The van der Waals surface area contributed by atoms with E-state index in [0.717, 1.165) is 19.6 Å². The molecule has 0 fully saturated rings. The van der Waals surface area contributed by atoms with Gasteiger partial charge in [-0.15, -0.1) is 11.3 Å². The highest BCUT2D eigenvalue weighted by Crippen LogP contribution is 2.28. The fourth-order valence-electron chi connectivity index (χ4n) is 2.47. The van der Waals surface area contributed by atoms with E-state index in [4.69, 9.17) is 0 Å². The lowest BCUT2D eigenvalue weighted by Gasteiger charge is -2.11. The third-order valence-corrected chi connectivity index (χ3v) is 6.89. The SMILES string of the molecule is CN(C)S(=O)(=O)c1cccc(C(=O)C=Cc2ccc(-c3ccccc3)s2)c1. The van der Waals surface area contributed by atoms with Gasteiger partial charge in [0.15, 0.2) is 5.78 Å². The molecule has 0 aliphatic rings. The van der Waals surface area contributed by atoms with Crippen molar-refractivity contribution in [3.8, 4) is 10.4 Å². The van der Waals surface area contributed by atoms with Crippen molar-refractivity contribution in [2.24, 2.45) is 0 Å². The molecule has 1 aromatic heterocycles. The Balaban J connectivity index is 1.79. The molecule has 3 rings (SSSR count). The zero-order chi connectivity index (χ0) is 19.4. The van der Waals surface area contributed by atoms with E-state index in [1.54, 1.807) is 29.5 Å².